The highest BCUT2D eigenvalue weighted by Gasteiger charge is 2.37. The third kappa shape index (κ3) is 1.86. The van der Waals surface area contributed by atoms with Gasteiger partial charge >= 0.3 is 0 Å². The number of nitrogens with one attached hydrogen (secondary N) is 2. The highest BCUT2D eigenvalue weighted by Crippen LogP contribution is 2.37. The van der Waals surface area contributed by atoms with E-state index >= 15 is 0 Å². The second-order valence-corrected chi connectivity index (χ2v) is 4.33. The van der Waals surface area contributed by atoms with E-state index in [0.717, 1.165) is 16.8 Å². The third-order valence-electron chi connectivity index (χ3n) is 3.23. The Balaban J connectivity index is 2.44. The lowest BCUT2D eigenvalue weighted by atomic mass is 10.1. The van der Waals surface area contributed by atoms with Crippen LogP contribution in [0.4, 0.5) is 5.69 Å². The molecule has 18 heavy (non-hydrogen) atoms. The first-order chi connectivity index (χ1) is 8.60. The predicted molar refractivity (Wildman–Crippen MR) is 69.4 cm³/mol. The van der Waals surface area contributed by atoms with Crippen molar-refractivity contribution in [2.75, 3.05) is 25.5 Å². The van der Waals surface area contributed by atoms with E-state index in [-0.39, 0.29) is 24.4 Å². The van der Waals surface area contributed by atoms with E-state index in [1.165, 1.54) is 0 Å². The summed E-state index contributed by atoms with van der Waals surface area (Å²) in [4.78, 5) is 25.3. The Bertz CT molecular complexity index is 499. The molecule has 0 radical (unpaired) electrons. The topological polar surface area (TPSA) is 61.4 Å². The number of likely N-dealkylation sites (N-methyl/N-ethyl adjacent to an activating group) is 2. The summed E-state index contributed by atoms with van der Waals surface area (Å²) in [6, 6.07) is 5.44. The monoisotopic (exact) mass is 247 g/mol. The van der Waals surface area contributed by atoms with E-state index in [0.29, 0.717) is 0 Å². The number of anilines is 1. The van der Waals surface area contributed by atoms with Crippen molar-refractivity contribution < 1.29 is 9.59 Å². The minimum Gasteiger partial charge on any atom is -0.358 e. The molecule has 2 rings (SSSR count). The van der Waals surface area contributed by atoms with E-state index in [1.54, 1.807) is 19.0 Å². The van der Waals surface area contributed by atoms with Gasteiger partial charge in [-0.1, -0.05) is 18.2 Å². The number of carbonyl (C=O) groups is 2. The van der Waals surface area contributed by atoms with Gasteiger partial charge in [0.05, 0.1) is 5.69 Å². The minimum absolute atomic E-state index is 0.0609. The normalized spacial score (nSPS) is 17.8. The number of rotatable bonds is 3. The van der Waals surface area contributed by atoms with E-state index in [1.807, 2.05) is 25.1 Å². The largest absolute Gasteiger partial charge is 0.358 e. The van der Waals surface area contributed by atoms with E-state index in [9.17, 15) is 9.59 Å². The van der Waals surface area contributed by atoms with Crippen molar-refractivity contribution in [3.05, 3.63) is 29.3 Å². The summed E-state index contributed by atoms with van der Waals surface area (Å²) in [7, 11) is 3.31. The molecule has 2 N–H and O–H groups in total. The number of carbonyl (C=O) groups excluding carboxylic acids is 2. The molecule has 1 atom stereocenters. The average Bonchev–Trinajstić information content (AvgIpc) is 2.63. The van der Waals surface area contributed by atoms with Crippen molar-refractivity contribution in [3.8, 4) is 0 Å². The van der Waals surface area contributed by atoms with Gasteiger partial charge in [0.1, 0.15) is 12.6 Å². The van der Waals surface area contributed by atoms with Crippen LogP contribution in [0.3, 0.4) is 0 Å². The van der Waals surface area contributed by atoms with Crippen molar-refractivity contribution >= 4 is 17.5 Å². The van der Waals surface area contributed by atoms with E-state index < -0.39 is 0 Å². The van der Waals surface area contributed by atoms with E-state index in [2.05, 4.69) is 10.6 Å². The molecule has 5 heteroatoms. The molecule has 96 valence electrons. The number of hydrogen-bond acceptors (Lipinski definition) is 3. The number of para-hydroxylation sites is 1. The fraction of sp³-hybridized carbons (Fsp3) is 0.385. The molecule has 0 saturated carbocycles. The fourth-order valence-corrected chi connectivity index (χ4v) is 2.34. The van der Waals surface area contributed by atoms with Crippen molar-refractivity contribution in [2.24, 2.45) is 0 Å². The molecule has 5 nitrogen and oxygen atoms in total. The molecular weight excluding hydrogens is 230 g/mol. The Morgan fingerprint density at radius 1 is 1.39 bits per heavy atom. The molecule has 1 unspecified atom stereocenters. The van der Waals surface area contributed by atoms with Crippen LogP contribution in [0.25, 0.3) is 0 Å². The lowest BCUT2D eigenvalue weighted by Gasteiger charge is -2.18. The Morgan fingerprint density at radius 2 is 2.11 bits per heavy atom. The standard InChI is InChI=1S/C13H17N3O2/c1-8-5-4-6-9-11(15-3)13(18)16(12(8)9)7-10(17)14-2/h4-6,11,15H,7H2,1-3H3,(H,14,17). The van der Waals surface area contributed by atoms with Crippen LogP contribution in [0.2, 0.25) is 0 Å². The predicted octanol–water partition coefficient (Wildman–Crippen LogP) is 0.348. The molecule has 0 fully saturated rings. The van der Waals surface area contributed by atoms with E-state index in [4.69, 9.17) is 0 Å². The first-order valence-electron chi connectivity index (χ1n) is 5.89. The van der Waals surface area contributed by atoms with Gasteiger partial charge in [0.15, 0.2) is 0 Å². The summed E-state index contributed by atoms with van der Waals surface area (Å²) in [5.74, 6) is -0.250. The highest BCUT2D eigenvalue weighted by atomic mass is 16.2. The highest BCUT2D eigenvalue weighted by molar-refractivity contribution is 6.08. The van der Waals surface area contributed by atoms with Gasteiger partial charge in [0, 0.05) is 12.6 Å². The number of benzene rings is 1. The van der Waals surface area contributed by atoms with Gasteiger partial charge in [-0.15, -0.1) is 0 Å². The molecule has 0 bridgehead atoms. The molecule has 1 aliphatic heterocycles. The molecule has 0 saturated heterocycles. The Hall–Kier alpha value is -1.88. The number of amides is 2. The summed E-state index contributed by atoms with van der Waals surface area (Å²) < 4.78 is 0. The van der Waals surface area contributed by atoms with Crippen molar-refractivity contribution in [3.63, 3.8) is 0 Å². The van der Waals surface area contributed by atoms with Gasteiger partial charge in [-0.3, -0.25) is 9.59 Å². The lowest BCUT2D eigenvalue weighted by Crippen LogP contribution is -2.40. The molecule has 1 aromatic carbocycles. The number of nitrogens with zero attached hydrogens (tertiary/aromatic N) is 1. The lowest BCUT2D eigenvalue weighted by molar-refractivity contribution is -0.124. The number of aryl methyl sites for hydroxylation is 1. The first-order valence-corrected chi connectivity index (χ1v) is 5.89. The van der Waals surface area contributed by atoms with Gasteiger partial charge in [0.2, 0.25) is 11.8 Å². The SMILES string of the molecule is CNC(=O)CN1C(=O)C(NC)c2cccc(C)c21. The Kier molecular flexibility index (Phi) is 3.34. The number of hydrogen-bond donors (Lipinski definition) is 2. The van der Waals surface area contributed by atoms with Crippen molar-refractivity contribution in [2.45, 2.75) is 13.0 Å². The molecule has 0 aliphatic carbocycles. The molecule has 0 spiro atoms. The quantitative estimate of drug-likeness (QED) is 0.810. The maximum Gasteiger partial charge on any atom is 0.249 e. The average molecular weight is 247 g/mol. The maximum atomic E-state index is 12.3. The third-order valence-corrected chi connectivity index (χ3v) is 3.23. The minimum atomic E-state index is -0.357. The zero-order chi connectivity index (χ0) is 13.3. The molecule has 1 aromatic rings. The van der Waals surface area contributed by atoms with Crippen LogP contribution in [0, 0.1) is 6.92 Å². The van der Waals surface area contributed by atoms with Crippen LogP contribution in [0.1, 0.15) is 17.2 Å². The summed E-state index contributed by atoms with van der Waals surface area (Å²) in [6.07, 6.45) is 0. The zero-order valence-corrected chi connectivity index (χ0v) is 10.8. The molecule has 1 heterocycles. The number of fused-ring (bicyclic) bond motifs is 1. The van der Waals surface area contributed by atoms with Crippen LogP contribution in [-0.4, -0.2) is 32.5 Å². The Morgan fingerprint density at radius 3 is 2.72 bits per heavy atom. The molecular formula is C13H17N3O2. The van der Waals surface area contributed by atoms with Crippen molar-refractivity contribution in [1.82, 2.24) is 10.6 Å². The van der Waals surface area contributed by atoms with Crippen LogP contribution >= 0.6 is 0 Å². The smallest absolute Gasteiger partial charge is 0.249 e. The summed E-state index contributed by atoms with van der Waals surface area (Å²) in [5.41, 5.74) is 2.79. The van der Waals surface area contributed by atoms with Crippen LogP contribution in [0.15, 0.2) is 18.2 Å². The molecule has 2 amide bonds. The van der Waals surface area contributed by atoms with Gasteiger partial charge in [0.25, 0.3) is 0 Å². The summed E-state index contributed by atoms with van der Waals surface area (Å²) in [5, 5.41) is 5.54. The first kappa shape index (κ1) is 12.6. The summed E-state index contributed by atoms with van der Waals surface area (Å²) >= 11 is 0. The molecule has 0 aromatic heterocycles. The fourth-order valence-electron chi connectivity index (χ4n) is 2.34. The zero-order valence-electron chi connectivity index (χ0n) is 10.8. The van der Waals surface area contributed by atoms with Crippen LogP contribution in [-0.2, 0) is 9.59 Å². The van der Waals surface area contributed by atoms with Gasteiger partial charge < -0.3 is 15.5 Å². The maximum absolute atomic E-state index is 12.3. The van der Waals surface area contributed by atoms with Crippen LogP contribution in [0.5, 0.6) is 0 Å². The van der Waals surface area contributed by atoms with Gasteiger partial charge in [-0.05, 0) is 19.5 Å². The van der Waals surface area contributed by atoms with Gasteiger partial charge in [-0.2, -0.15) is 0 Å². The Labute approximate surface area is 106 Å². The summed E-state index contributed by atoms with van der Waals surface area (Å²) in [6.45, 7) is 2.01. The second-order valence-electron chi connectivity index (χ2n) is 4.33. The second kappa shape index (κ2) is 4.78. The van der Waals surface area contributed by atoms with Crippen LogP contribution < -0.4 is 15.5 Å². The van der Waals surface area contributed by atoms with Gasteiger partial charge in [-0.25, -0.2) is 0 Å². The molecule has 1 aliphatic rings. The van der Waals surface area contributed by atoms with Crippen molar-refractivity contribution in [1.29, 1.82) is 0 Å².